The number of benzene rings is 2. The van der Waals surface area contributed by atoms with Crippen LogP contribution in [0.3, 0.4) is 0 Å². The highest BCUT2D eigenvalue weighted by Crippen LogP contribution is 2.29. The molecule has 0 aliphatic rings. The molecule has 0 aromatic heterocycles. The van der Waals surface area contributed by atoms with E-state index in [1.54, 1.807) is 43.4 Å². The van der Waals surface area contributed by atoms with E-state index in [-0.39, 0.29) is 23.8 Å². The summed E-state index contributed by atoms with van der Waals surface area (Å²) in [5, 5.41) is 23.4. The molecule has 0 aliphatic heterocycles. The van der Waals surface area contributed by atoms with Gasteiger partial charge in [-0.2, -0.15) is 0 Å². The lowest BCUT2D eigenvalue weighted by Crippen LogP contribution is -2.06. The summed E-state index contributed by atoms with van der Waals surface area (Å²) in [5.74, 6) is 0.346. The number of ether oxygens (including phenoxy) is 1. The molecule has 21 heavy (non-hydrogen) atoms. The van der Waals surface area contributed by atoms with E-state index >= 15 is 0 Å². The van der Waals surface area contributed by atoms with Gasteiger partial charge in [0.2, 0.25) is 0 Å². The van der Waals surface area contributed by atoms with E-state index in [9.17, 15) is 15.2 Å². The third-order valence-corrected chi connectivity index (χ3v) is 2.91. The van der Waals surface area contributed by atoms with Crippen LogP contribution in [0.4, 0.5) is 5.69 Å². The number of phenols is 1. The average molecular weight is 288 g/mol. The van der Waals surface area contributed by atoms with E-state index in [0.717, 1.165) is 11.1 Å². The molecule has 0 saturated carbocycles. The van der Waals surface area contributed by atoms with Crippen molar-refractivity contribution in [1.82, 2.24) is 5.32 Å². The Labute approximate surface area is 122 Å². The van der Waals surface area contributed by atoms with Gasteiger partial charge < -0.3 is 15.2 Å². The standard InChI is InChI=1S/C15H16N2O4/c1-16-9-11-5-6-15(14(8-11)17(19)20)21-10-12-3-2-4-13(18)7-12/h2-8,16,18H,9-10H2,1H3. The predicted molar refractivity (Wildman–Crippen MR) is 78.3 cm³/mol. The fraction of sp³-hybridized carbons (Fsp3) is 0.200. The van der Waals surface area contributed by atoms with E-state index in [2.05, 4.69) is 5.32 Å². The molecule has 0 bridgehead atoms. The molecule has 0 amide bonds. The van der Waals surface area contributed by atoms with Gasteiger partial charge in [-0.05, 0) is 36.4 Å². The van der Waals surface area contributed by atoms with Gasteiger partial charge in [-0.25, -0.2) is 0 Å². The number of hydrogen-bond donors (Lipinski definition) is 2. The summed E-state index contributed by atoms with van der Waals surface area (Å²) < 4.78 is 5.50. The summed E-state index contributed by atoms with van der Waals surface area (Å²) >= 11 is 0. The van der Waals surface area contributed by atoms with Crippen molar-refractivity contribution < 1.29 is 14.8 Å². The lowest BCUT2D eigenvalue weighted by Gasteiger charge is -2.08. The minimum atomic E-state index is -0.461. The van der Waals surface area contributed by atoms with E-state index in [0.29, 0.717) is 6.54 Å². The van der Waals surface area contributed by atoms with Crippen LogP contribution in [-0.4, -0.2) is 17.1 Å². The Morgan fingerprint density at radius 1 is 1.24 bits per heavy atom. The molecule has 0 heterocycles. The van der Waals surface area contributed by atoms with E-state index in [4.69, 9.17) is 4.74 Å². The van der Waals surface area contributed by atoms with Crippen molar-refractivity contribution in [3.63, 3.8) is 0 Å². The zero-order valence-electron chi connectivity index (χ0n) is 11.6. The van der Waals surface area contributed by atoms with Gasteiger partial charge in [0.05, 0.1) is 4.92 Å². The van der Waals surface area contributed by atoms with Crippen molar-refractivity contribution in [2.24, 2.45) is 0 Å². The van der Waals surface area contributed by atoms with Crippen molar-refractivity contribution in [3.05, 3.63) is 63.7 Å². The SMILES string of the molecule is CNCc1ccc(OCc2cccc(O)c2)c([N+](=O)[O-])c1. The van der Waals surface area contributed by atoms with Crippen molar-refractivity contribution in [2.75, 3.05) is 7.05 Å². The molecule has 0 fully saturated rings. The molecule has 6 nitrogen and oxygen atoms in total. The number of nitro groups is 1. The first-order chi connectivity index (χ1) is 10.1. The molecular formula is C15H16N2O4. The van der Waals surface area contributed by atoms with E-state index in [1.807, 2.05) is 0 Å². The number of nitro benzene ring substituents is 1. The quantitative estimate of drug-likeness (QED) is 0.630. The highest BCUT2D eigenvalue weighted by atomic mass is 16.6. The Morgan fingerprint density at radius 2 is 2.05 bits per heavy atom. The highest BCUT2D eigenvalue weighted by Gasteiger charge is 2.16. The van der Waals surface area contributed by atoms with Crippen LogP contribution in [0.2, 0.25) is 0 Å². The van der Waals surface area contributed by atoms with Gasteiger partial charge in [0.25, 0.3) is 0 Å². The van der Waals surface area contributed by atoms with Crippen molar-refractivity contribution >= 4 is 5.69 Å². The smallest absolute Gasteiger partial charge is 0.311 e. The molecule has 6 heteroatoms. The first-order valence-electron chi connectivity index (χ1n) is 6.43. The topological polar surface area (TPSA) is 84.6 Å². The van der Waals surface area contributed by atoms with Crippen molar-refractivity contribution in [1.29, 1.82) is 0 Å². The van der Waals surface area contributed by atoms with Crippen molar-refractivity contribution in [3.8, 4) is 11.5 Å². The van der Waals surface area contributed by atoms with E-state index in [1.165, 1.54) is 6.07 Å². The van der Waals surface area contributed by atoms with Crippen LogP contribution in [0.5, 0.6) is 11.5 Å². The van der Waals surface area contributed by atoms with Gasteiger partial charge in [-0.3, -0.25) is 10.1 Å². The van der Waals surface area contributed by atoms with Crippen LogP contribution in [0.25, 0.3) is 0 Å². The van der Waals surface area contributed by atoms with Gasteiger partial charge in [0, 0.05) is 12.6 Å². The molecule has 0 saturated heterocycles. The molecule has 0 unspecified atom stereocenters. The summed E-state index contributed by atoms with van der Waals surface area (Å²) in [6, 6.07) is 11.4. The lowest BCUT2D eigenvalue weighted by atomic mass is 10.2. The van der Waals surface area contributed by atoms with Gasteiger partial charge in [0.1, 0.15) is 12.4 Å². The Bertz CT molecular complexity index is 643. The second-order valence-corrected chi connectivity index (χ2v) is 4.55. The Morgan fingerprint density at radius 3 is 2.71 bits per heavy atom. The minimum absolute atomic E-state index is 0.0668. The monoisotopic (exact) mass is 288 g/mol. The molecule has 2 aromatic rings. The number of hydrogen-bond acceptors (Lipinski definition) is 5. The number of aromatic hydroxyl groups is 1. The predicted octanol–water partition coefficient (Wildman–Crippen LogP) is 2.60. The largest absolute Gasteiger partial charge is 0.508 e. The normalized spacial score (nSPS) is 10.3. The maximum absolute atomic E-state index is 11.1. The molecule has 2 N–H and O–H groups in total. The maximum atomic E-state index is 11.1. The summed E-state index contributed by atoms with van der Waals surface area (Å²) in [4.78, 5) is 10.6. The first-order valence-corrected chi connectivity index (χ1v) is 6.43. The summed E-state index contributed by atoms with van der Waals surface area (Å²) in [7, 11) is 1.78. The Balaban J connectivity index is 2.17. The van der Waals surface area contributed by atoms with Crippen molar-refractivity contribution in [2.45, 2.75) is 13.2 Å². The number of rotatable bonds is 6. The second kappa shape index (κ2) is 6.71. The Kier molecular flexibility index (Phi) is 4.73. The minimum Gasteiger partial charge on any atom is -0.508 e. The van der Waals surface area contributed by atoms with Crippen LogP contribution in [0, 0.1) is 10.1 Å². The molecule has 0 aliphatic carbocycles. The fourth-order valence-electron chi connectivity index (χ4n) is 1.95. The van der Waals surface area contributed by atoms with Crippen LogP contribution in [0.1, 0.15) is 11.1 Å². The molecule has 0 spiro atoms. The molecular weight excluding hydrogens is 272 g/mol. The summed E-state index contributed by atoms with van der Waals surface area (Å²) in [5.41, 5.74) is 1.49. The lowest BCUT2D eigenvalue weighted by molar-refractivity contribution is -0.386. The molecule has 2 rings (SSSR count). The second-order valence-electron chi connectivity index (χ2n) is 4.55. The molecule has 0 radical (unpaired) electrons. The third-order valence-electron chi connectivity index (χ3n) is 2.91. The summed E-state index contributed by atoms with van der Waals surface area (Å²) in [6.07, 6.45) is 0. The average Bonchev–Trinajstić information content (AvgIpc) is 2.46. The van der Waals surface area contributed by atoms with Gasteiger partial charge in [-0.1, -0.05) is 18.2 Å². The first kappa shape index (κ1) is 14.8. The van der Waals surface area contributed by atoms with Gasteiger partial charge >= 0.3 is 5.69 Å². The summed E-state index contributed by atoms with van der Waals surface area (Å²) in [6.45, 7) is 0.703. The fourth-order valence-corrected chi connectivity index (χ4v) is 1.95. The number of phenolic OH excluding ortho intramolecular Hbond substituents is 1. The zero-order valence-corrected chi connectivity index (χ0v) is 11.6. The number of nitrogens with zero attached hydrogens (tertiary/aromatic N) is 1. The Hall–Kier alpha value is -2.60. The molecule has 110 valence electrons. The van der Waals surface area contributed by atoms with E-state index < -0.39 is 4.92 Å². The van der Waals surface area contributed by atoms with Gasteiger partial charge in [-0.15, -0.1) is 0 Å². The van der Waals surface area contributed by atoms with Crippen LogP contribution < -0.4 is 10.1 Å². The highest BCUT2D eigenvalue weighted by molar-refractivity contribution is 5.48. The van der Waals surface area contributed by atoms with Crippen LogP contribution >= 0.6 is 0 Å². The molecule has 0 atom stereocenters. The number of nitrogens with one attached hydrogen (secondary N) is 1. The van der Waals surface area contributed by atoms with Crippen LogP contribution in [0.15, 0.2) is 42.5 Å². The maximum Gasteiger partial charge on any atom is 0.311 e. The zero-order chi connectivity index (χ0) is 15.2. The third kappa shape index (κ3) is 3.93. The van der Waals surface area contributed by atoms with Crippen LogP contribution in [-0.2, 0) is 13.2 Å². The van der Waals surface area contributed by atoms with Gasteiger partial charge in [0.15, 0.2) is 5.75 Å². The molecule has 2 aromatic carbocycles.